The van der Waals surface area contributed by atoms with Crippen LogP contribution >= 0.6 is 0 Å². The number of carbonyl (C=O) groups excluding carboxylic acids is 1. The van der Waals surface area contributed by atoms with Gasteiger partial charge in [0.05, 0.1) is 22.6 Å². The summed E-state index contributed by atoms with van der Waals surface area (Å²) in [6.45, 7) is 3.68. The molecule has 2 aromatic carbocycles. The molecule has 40 heavy (non-hydrogen) atoms. The Labute approximate surface area is 230 Å². The maximum absolute atomic E-state index is 14.2. The number of nitrogens with zero attached hydrogens (tertiary/aromatic N) is 4. The zero-order valence-electron chi connectivity index (χ0n) is 22.0. The summed E-state index contributed by atoms with van der Waals surface area (Å²) >= 11 is 0. The Morgan fingerprint density at radius 2 is 1.95 bits per heavy atom. The Morgan fingerprint density at radius 1 is 1.15 bits per heavy atom. The Morgan fingerprint density at radius 3 is 2.75 bits per heavy atom. The summed E-state index contributed by atoms with van der Waals surface area (Å²) < 4.78 is 3.13. The van der Waals surface area contributed by atoms with Gasteiger partial charge in [0.15, 0.2) is 11.4 Å². The Bertz CT molecular complexity index is 1840. The van der Waals surface area contributed by atoms with Gasteiger partial charge in [-0.1, -0.05) is 36.1 Å². The number of nitrogens with two attached hydrogens (primary N) is 1. The Balaban J connectivity index is 1.45. The van der Waals surface area contributed by atoms with Gasteiger partial charge in [-0.05, 0) is 62.1 Å². The standard InChI is InChI=1S/C30H28N8O2/c1-19(34-29(39)25-26(31)36-37-18-6-15-33-28(25)37)27-35-23-10-5-7-21(12-11-20-13-16-32-17-14-20)24(23)30(40)38(27)22-8-3-2-4-9-22/h2-10,15,18-20,32H,13-14,16-17H2,1H3,(H3,31,34,36,39)/p+1. The summed E-state index contributed by atoms with van der Waals surface area (Å²) in [5.74, 6) is 7.08. The van der Waals surface area contributed by atoms with Gasteiger partial charge < -0.3 is 16.4 Å². The van der Waals surface area contributed by atoms with Gasteiger partial charge in [-0.3, -0.25) is 14.2 Å². The molecule has 5 N–H and O–H groups in total. The lowest BCUT2D eigenvalue weighted by Gasteiger charge is -2.20. The molecule has 6 rings (SSSR count). The van der Waals surface area contributed by atoms with Crippen molar-refractivity contribution in [1.29, 1.82) is 0 Å². The molecule has 5 aromatic rings. The molecular weight excluding hydrogens is 504 g/mol. The van der Waals surface area contributed by atoms with E-state index in [2.05, 4.69) is 32.6 Å². The summed E-state index contributed by atoms with van der Waals surface area (Å²) in [6, 6.07) is 15.9. The molecular formula is C30H29N8O2+. The van der Waals surface area contributed by atoms with Gasteiger partial charge in [-0.15, -0.1) is 4.52 Å². The number of nitrogen functional groups attached to an aromatic ring is 1. The number of nitrogens with one attached hydrogen (secondary N) is 3. The van der Waals surface area contributed by atoms with Crippen LogP contribution in [0, 0.1) is 17.8 Å². The number of fused-ring (bicyclic) bond motifs is 2. The lowest BCUT2D eigenvalue weighted by molar-refractivity contribution is -0.577. The molecule has 3 aromatic heterocycles. The van der Waals surface area contributed by atoms with Crippen LogP contribution in [-0.2, 0) is 0 Å². The highest BCUT2D eigenvalue weighted by Gasteiger charge is 2.27. The van der Waals surface area contributed by atoms with Crippen LogP contribution in [0.1, 0.15) is 47.6 Å². The summed E-state index contributed by atoms with van der Waals surface area (Å²) in [4.78, 5) is 36.8. The van der Waals surface area contributed by atoms with E-state index in [0.29, 0.717) is 39.5 Å². The van der Waals surface area contributed by atoms with E-state index in [-0.39, 0.29) is 16.9 Å². The van der Waals surface area contributed by atoms with E-state index < -0.39 is 11.9 Å². The third kappa shape index (κ3) is 4.67. The zero-order chi connectivity index (χ0) is 27.6. The normalized spacial score (nSPS) is 14.5. The van der Waals surface area contributed by atoms with Gasteiger partial charge in [-0.25, -0.2) is 10.1 Å². The summed E-state index contributed by atoms with van der Waals surface area (Å²) in [5, 5.41) is 9.69. The largest absolute Gasteiger partial charge is 0.382 e. The molecule has 0 radical (unpaired) electrons. The van der Waals surface area contributed by atoms with E-state index in [0.717, 1.165) is 25.9 Å². The number of hydrogen-bond donors (Lipinski definition) is 4. The number of piperidine rings is 1. The second-order valence-corrected chi connectivity index (χ2v) is 9.85. The number of benzene rings is 2. The molecule has 1 saturated heterocycles. The molecule has 0 spiro atoms. The van der Waals surface area contributed by atoms with Crippen LogP contribution in [-0.4, -0.2) is 38.6 Å². The molecule has 1 aliphatic heterocycles. The minimum Gasteiger partial charge on any atom is -0.382 e. The summed E-state index contributed by atoms with van der Waals surface area (Å²) in [5.41, 5.74) is 8.31. The van der Waals surface area contributed by atoms with Crippen molar-refractivity contribution in [1.82, 2.24) is 30.3 Å². The van der Waals surface area contributed by atoms with E-state index in [1.54, 1.807) is 40.5 Å². The van der Waals surface area contributed by atoms with Crippen LogP contribution in [0.4, 0.5) is 5.82 Å². The monoisotopic (exact) mass is 533 g/mol. The first kappa shape index (κ1) is 25.3. The summed E-state index contributed by atoms with van der Waals surface area (Å²) in [6.07, 6.45) is 5.29. The average Bonchev–Trinajstić information content (AvgIpc) is 3.32. The molecule has 1 fully saturated rings. The molecule has 0 aliphatic carbocycles. The maximum atomic E-state index is 14.2. The predicted octanol–water partition coefficient (Wildman–Crippen LogP) is 2.27. The highest BCUT2D eigenvalue weighted by atomic mass is 16.2. The van der Waals surface area contributed by atoms with Crippen molar-refractivity contribution < 1.29 is 9.31 Å². The number of H-pyrrole nitrogens is 1. The fourth-order valence-corrected chi connectivity index (χ4v) is 5.12. The third-order valence-electron chi connectivity index (χ3n) is 7.13. The van der Waals surface area contributed by atoms with Crippen LogP contribution in [0.2, 0.25) is 0 Å². The number of carbonyl (C=O) groups is 1. The van der Waals surface area contributed by atoms with Crippen molar-refractivity contribution in [2.24, 2.45) is 5.92 Å². The first-order valence-electron chi connectivity index (χ1n) is 13.3. The number of aromatic nitrogens is 5. The van der Waals surface area contributed by atoms with E-state index in [9.17, 15) is 9.59 Å². The van der Waals surface area contributed by atoms with Gasteiger partial charge >= 0.3 is 5.65 Å². The van der Waals surface area contributed by atoms with Gasteiger partial charge in [0.1, 0.15) is 18.2 Å². The molecule has 1 unspecified atom stereocenters. The zero-order valence-corrected chi connectivity index (χ0v) is 22.0. The van der Waals surface area contributed by atoms with Gasteiger partial charge in [0.2, 0.25) is 0 Å². The number of rotatable bonds is 4. The van der Waals surface area contributed by atoms with Crippen LogP contribution < -0.4 is 26.4 Å². The first-order valence-corrected chi connectivity index (χ1v) is 13.3. The third-order valence-corrected chi connectivity index (χ3v) is 7.13. The van der Waals surface area contributed by atoms with E-state index in [1.165, 1.54) is 0 Å². The number of para-hydroxylation sites is 1. The fourth-order valence-electron chi connectivity index (χ4n) is 5.12. The Hall–Kier alpha value is -5.01. The lowest BCUT2D eigenvalue weighted by atomic mass is 9.98. The SMILES string of the molecule is CC(NC(=O)c1c(N)[nH][n+]2cccnc12)c1nc2cccc(C#CC3CCNCC3)c2c(=O)n1-c1ccccc1. The van der Waals surface area contributed by atoms with E-state index in [1.807, 2.05) is 42.5 Å². The van der Waals surface area contributed by atoms with Gasteiger partial charge in [0, 0.05) is 17.5 Å². The molecule has 4 heterocycles. The molecule has 0 bridgehead atoms. The topological polar surface area (TPSA) is 135 Å². The molecule has 1 aliphatic rings. The highest BCUT2D eigenvalue weighted by Crippen LogP contribution is 2.22. The maximum Gasteiger partial charge on any atom is 0.362 e. The summed E-state index contributed by atoms with van der Waals surface area (Å²) in [7, 11) is 0. The molecule has 10 nitrogen and oxygen atoms in total. The lowest BCUT2D eigenvalue weighted by Crippen LogP contribution is -2.34. The minimum atomic E-state index is -0.646. The van der Waals surface area contributed by atoms with Crippen LogP contribution in [0.25, 0.3) is 22.2 Å². The van der Waals surface area contributed by atoms with Gasteiger partial charge in [0.25, 0.3) is 11.5 Å². The van der Waals surface area contributed by atoms with Crippen LogP contribution in [0.3, 0.4) is 0 Å². The predicted molar refractivity (Wildman–Crippen MR) is 152 cm³/mol. The van der Waals surface area contributed by atoms with Crippen molar-refractivity contribution in [3.63, 3.8) is 0 Å². The number of aromatic amines is 1. The first-order chi connectivity index (χ1) is 19.5. The molecule has 1 atom stereocenters. The van der Waals surface area contributed by atoms with E-state index >= 15 is 0 Å². The van der Waals surface area contributed by atoms with Crippen LogP contribution in [0.5, 0.6) is 0 Å². The molecule has 0 saturated carbocycles. The quantitative estimate of drug-likeness (QED) is 0.207. The van der Waals surface area contributed by atoms with Crippen molar-refractivity contribution in [3.05, 3.63) is 94.3 Å². The smallest absolute Gasteiger partial charge is 0.362 e. The molecule has 10 heteroatoms. The fraction of sp³-hybridized carbons (Fsp3) is 0.233. The molecule has 200 valence electrons. The Kier molecular flexibility index (Phi) is 6.72. The van der Waals surface area contributed by atoms with Crippen LogP contribution in [0.15, 0.2) is 71.8 Å². The minimum absolute atomic E-state index is 0.187. The number of hydrogen-bond acceptors (Lipinski definition) is 6. The second-order valence-electron chi connectivity index (χ2n) is 9.85. The number of amides is 1. The average molecular weight is 534 g/mol. The van der Waals surface area contributed by atoms with Crippen molar-refractivity contribution in [3.8, 4) is 17.5 Å². The van der Waals surface area contributed by atoms with Crippen molar-refractivity contribution in [2.45, 2.75) is 25.8 Å². The van der Waals surface area contributed by atoms with Crippen molar-refractivity contribution >= 4 is 28.3 Å². The molecule has 1 amide bonds. The van der Waals surface area contributed by atoms with E-state index in [4.69, 9.17) is 10.7 Å². The number of anilines is 1. The van der Waals surface area contributed by atoms with Crippen molar-refractivity contribution in [2.75, 3.05) is 18.8 Å². The highest BCUT2D eigenvalue weighted by molar-refractivity contribution is 6.03. The second kappa shape index (κ2) is 10.6. The van der Waals surface area contributed by atoms with Gasteiger partial charge in [-0.2, -0.15) is 0 Å².